The zero-order valence-corrected chi connectivity index (χ0v) is 18.4. The maximum absolute atomic E-state index is 11.8. The molecule has 0 spiro atoms. The van der Waals surface area contributed by atoms with Gasteiger partial charge in [0, 0.05) is 0 Å². The molecule has 6 amide bonds. The van der Waals surface area contributed by atoms with E-state index in [0.717, 1.165) is 23.5 Å². The van der Waals surface area contributed by atoms with Crippen molar-refractivity contribution in [2.75, 3.05) is 37.8 Å². The van der Waals surface area contributed by atoms with Crippen LogP contribution < -0.4 is 32.7 Å². The number of hydrogen-bond donors (Lipinski definition) is 6. The number of nitrogens with two attached hydrogens (primary N) is 2. The molecule has 0 aromatic rings. The van der Waals surface area contributed by atoms with E-state index in [1.165, 1.54) is 0 Å². The Bertz CT molecular complexity index is 548. The lowest BCUT2D eigenvalue weighted by molar-refractivity contribution is -0.143. The molecule has 172 valence electrons. The number of carbonyl (C=O) groups is 5. The van der Waals surface area contributed by atoms with Crippen molar-refractivity contribution in [2.24, 2.45) is 11.5 Å². The Kier molecular flexibility index (Phi) is 14.9. The molecule has 0 aromatic carbocycles. The topological polar surface area (TPSA) is 204 Å². The maximum atomic E-state index is 11.8. The minimum atomic E-state index is -0.922. The summed E-state index contributed by atoms with van der Waals surface area (Å²) in [5, 5.41) is 7.55. The monoisotopic (exact) mass is 468 g/mol. The fraction of sp³-hybridized carbons (Fsp3) is 0.667. The minimum absolute atomic E-state index is 0.0230. The molecule has 0 aromatic heterocycles. The molecule has 2 atom stereocenters. The standard InChI is InChI=1S/C15H28N6O7S2/c1-3-29-9(20-13(16)24)11(22)27-7-5-18-15(26)19-6-8-28-12(23)10(30-4-2)21-14(17)25/h9-10H,3-8H2,1-2H3,(H3,16,20,24)(H3,17,21,25)(H2,18,19,26). The summed E-state index contributed by atoms with van der Waals surface area (Å²) in [6.45, 7) is 3.42. The zero-order valence-electron chi connectivity index (χ0n) is 16.7. The Hall–Kier alpha value is -2.55. The number of carbonyl (C=O) groups excluding carboxylic acids is 5. The van der Waals surface area contributed by atoms with Crippen LogP contribution in [0.1, 0.15) is 13.8 Å². The Balaban J connectivity index is 4.02. The van der Waals surface area contributed by atoms with Gasteiger partial charge < -0.3 is 42.2 Å². The number of hydrogen-bond acceptors (Lipinski definition) is 9. The van der Waals surface area contributed by atoms with Crippen molar-refractivity contribution in [2.45, 2.75) is 24.6 Å². The van der Waals surface area contributed by atoms with Crippen molar-refractivity contribution >= 4 is 53.6 Å². The number of amides is 6. The van der Waals surface area contributed by atoms with Gasteiger partial charge in [0.15, 0.2) is 10.7 Å². The molecule has 0 radical (unpaired) electrons. The van der Waals surface area contributed by atoms with E-state index in [4.69, 9.17) is 20.9 Å². The second kappa shape index (κ2) is 16.3. The molecule has 0 fully saturated rings. The highest BCUT2D eigenvalue weighted by atomic mass is 32.2. The molecule has 30 heavy (non-hydrogen) atoms. The van der Waals surface area contributed by atoms with Gasteiger partial charge in [-0.2, -0.15) is 0 Å². The summed E-state index contributed by atoms with van der Waals surface area (Å²) >= 11 is 2.28. The quantitative estimate of drug-likeness (QED) is 0.103. The van der Waals surface area contributed by atoms with Gasteiger partial charge in [0.1, 0.15) is 13.2 Å². The summed E-state index contributed by atoms with van der Waals surface area (Å²) in [4.78, 5) is 57.0. The van der Waals surface area contributed by atoms with E-state index >= 15 is 0 Å². The van der Waals surface area contributed by atoms with Crippen LogP contribution in [-0.2, 0) is 19.1 Å². The molecular weight excluding hydrogens is 440 g/mol. The third kappa shape index (κ3) is 13.6. The van der Waals surface area contributed by atoms with Gasteiger partial charge in [0.2, 0.25) is 0 Å². The van der Waals surface area contributed by atoms with Gasteiger partial charge in [-0.1, -0.05) is 13.8 Å². The zero-order chi connectivity index (χ0) is 22.9. The van der Waals surface area contributed by atoms with E-state index in [1.54, 1.807) is 13.8 Å². The van der Waals surface area contributed by atoms with E-state index < -0.39 is 40.8 Å². The normalized spacial score (nSPS) is 12.1. The third-order valence-corrected chi connectivity index (χ3v) is 4.86. The van der Waals surface area contributed by atoms with Crippen LogP contribution in [-0.4, -0.2) is 78.6 Å². The average molecular weight is 469 g/mol. The Morgan fingerprint density at radius 2 is 1.13 bits per heavy atom. The smallest absolute Gasteiger partial charge is 0.339 e. The first-order valence-corrected chi connectivity index (χ1v) is 11.0. The van der Waals surface area contributed by atoms with Crippen molar-refractivity contribution in [1.82, 2.24) is 21.3 Å². The lowest BCUT2D eigenvalue weighted by atomic mass is 10.6. The number of primary amides is 2. The van der Waals surface area contributed by atoms with Crippen molar-refractivity contribution in [3.63, 3.8) is 0 Å². The lowest BCUT2D eigenvalue weighted by Crippen LogP contribution is -2.44. The van der Waals surface area contributed by atoms with Crippen LogP contribution >= 0.6 is 23.5 Å². The largest absolute Gasteiger partial charge is 0.462 e. The van der Waals surface area contributed by atoms with Gasteiger partial charge in [-0.25, -0.2) is 24.0 Å². The summed E-state index contributed by atoms with van der Waals surface area (Å²) in [6, 6.07) is -2.26. The highest BCUT2D eigenvalue weighted by Crippen LogP contribution is 2.09. The summed E-state index contributed by atoms with van der Waals surface area (Å²) in [5.41, 5.74) is 9.98. The fourth-order valence-corrected chi connectivity index (χ4v) is 3.25. The Morgan fingerprint density at radius 3 is 1.43 bits per heavy atom. The first-order chi connectivity index (χ1) is 14.2. The van der Waals surface area contributed by atoms with E-state index in [-0.39, 0.29) is 26.3 Å². The summed E-state index contributed by atoms with van der Waals surface area (Å²) in [5.74, 6) is -0.249. The number of rotatable bonds is 14. The first-order valence-electron chi connectivity index (χ1n) is 8.91. The summed E-state index contributed by atoms with van der Waals surface area (Å²) < 4.78 is 9.91. The van der Waals surface area contributed by atoms with Crippen LogP contribution in [0.5, 0.6) is 0 Å². The second-order valence-corrected chi connectivity index (χ2v) is 7.97. The van der Waals surface area contributed by atoms with Gasteiger partial charge in [0.25, 0.3) is 0 Å². The van der Waals surface area contributed by atoms with Crippen LogP contribution in [0.2, 0.25) is 0 Å². The van der Waals surface area contributed by atoms with Crippen LogP contribution in [0, 0.1) is 0 Å². The van der Waals surface area contributed by atoms with Crippen LogP contribution in [0.4, 0.5) is 14.4 Å². The minimum Gasteiger partial charge on any atom is -0.462 e. The molecular formula is C15H28N6O7S2. The van der Waals surface area contributed by atoms with E-state index in [2.05, 4.69) is 21.3 Å². The first kappa shape index (κ1) is 27.5. The SMILES string of the molecule is CCSC(NC(N)=O)C(=O)OCCNC(=O)NCCOC(=O)C(NC(N)=O)SCC. The number of thioether (sulfide) groups is 2. The fourth-order valence-electron chi connectivity index (χ4n) is 1.78. The lowest BCUT2D eigenvalue weighted by Gasteiger charge is -2.16. The molecule has 0 saturated carbocycles. The Labute approximate surface area is 182 Å². The number of urea groups is 3. The molecule has 0 saturated heterocycles. The number of ether oxygens (including phenoxy) is 2. The van der Waals surface area contributed by atoms with Crippen LogP contribution in [0.25, 0.3) is 0 Å². The van der Waals surface area contributed by atoms with Crippen molar-refractivity contribution in [3.05, 3.63) is 0 Å². The van der Waals surface area contributed by atoms with E-state index in [9.17, 15) is 24.0 Å². The van der Waals surface area contributed by atoms with Crippen molar-refractivity contribution in [1.29, 1.82) is 0 Å². The molecule has 0 bridgehead atoms. The molecule has 0 aliphatic rings. The molecule has 15 heteroatoms. The average Bonchev–Trinajstić information content (AvgIpc) is 2.67. The molecule has 0 heterocycles. The molecule has 8 N–H and O–H groups in total. The van der Waals surface area contributed by atoms with Crippen molar-refractivity contribution < 1.29 is 33.4 Å². The maximum Gasteiger partial charge on any atom is 0.339 e. The van der Waals surface area contributed by atoms with Crippen LogP contribution in [0.3, 0.4) is 0 Å². The predicted molar refractivity (Wildman–Crippen MR) is 113 cm³/mol. The molecule has 13 nitrogen and oxygen atoms in total. The number of nitrogens with one attached hydrogen (secondary N) is 4. The molecule has 0 aliphatic heterocycles. The Morgan fingerprint density at radius 1 is 0.767 bits per heavy atom. The summed E-state index contributed by atoms with van der Waals surface area (Å²) in [7, 11) is 0. The second-order valence-electron chi connectivity index (χ2n) is 5.21. The molecule has 0 aliphatic carbocycles. The third-order valence-electron chi connectivity index (χ3n) is 2.91. The number of esters is 2. The highest BCUT2D eigenvalue weighted by molar-refractivity contribution is 8.00. The van der Waals surface area contributed by atoms with Gasteiger partial charge in [0.05, 0.1) is 13.1 Å². The van der Waals surface area contributed by atoms with Crippen LogP contribution in [0.15, 0.2) is 0 Å². The van der Waals surface area contributed by atoms with Gasteiger partial charge in [-0.15, -0.1) is 23.5 Å². The van der Waals surface area contributed by atoms with Crippen molar-refractivity contribution in [3.8, 4) is 0 Å². The summed E-state index contributed by atoms with van der Waals surface area (Å²) in [6.07, 6.45) is 0. The van der Waals surface area contributed by atoms with Gasteiger partial charge in [-0.05, 0) is 11.5 Å². The van der Waals surface area contributed by atoms with E-state index in [0.29, 0.717) is 11.5 Å². The predicted octanol–water partition coefficient (Wildman–Crippen LogP) is -1.13. The van der Waals surface area contributed by atoms with Gasteiger partial charge >= 0.3 is 30.0 Å². The van der Waals surface area contributed by atoms with Gasteiger partial charge in [-0.3, -0.25) is 0 Å². The highest BCUT2D eigenvalue weighted by Gasteiger charge is 2.22. The molecule has 2 unspecified atom stereocenters. The molecule has 0 rings (SSSR count). The van der Waals surface area contributed by atoms with E-state index in [1.807, 2.05) is 0 Å².